The highest BCUT2D eigenvalue weighted by Crippen LogP contribution is 2.29. The number of benzene rings is 1. The number of aryl methyl sites for hydroxylation is 2. The molecule has 1 unspecified atom stereocenters. The van der Waals surface area contributed by atoms with Crippen LogP contribution in [0, 0.1) is 19.7 Å². The van der Waals surface area contributed by atoms with Gasteiger partial charge in [-0.15, -0.1) is 0 Å². The first-order valence-corrected chi connectivity index (χ1v) is 19.4. The van der Waals surface area contributed by atoms with E-state index >= 15 is 0 Å². The highest BCUT2D eigenvalue weighted by molar-refractivity contribution is 7.87. The van der Waals surface area contributed by atoms with Crippen molar-refractivity contribution in [3.63, 3.8) is 0 Å². The van der Waals surface area contributed by atoms with Gasteiger partial charge in [-0.3, -0.25) is 9.69 Å². The molecule has 3 aliphatic rings. The van der Waals surface area contributed by atoms with E-state index in [-0.39, 0.29) is 49.4 Å². The lowest BCUT2D eigenvalue weighted by molar-refractivity contribution is 0.0635. The number of hydrogen-bond acceptors (Lipinski definition) is 9. The third-order valence-corrected chi connectivity index (χ3v) is 10.5. The lowest BCUT2D eigenvalue weighted by Gasteiger charge is -2.48. The number of anilines is 2. The number of amides is 1. The van der Waals surface area contributed by atoms with Gasteiger partial charge in [0.15, 0.2) is 29.0 Å². The molecule has 5 rings (SSSR count). The Labute approximate surface area is 304 Å². The fraction of sp³-hybridized carbons (Fsp3) is 0.528. The number of carbonyl (C=O) groups excluding carboxylic acids is 1. The monoisotopic (exact) mass is 745 g/mol. The molecule has 1 aromatic heterocycles. The second kappa shape index (κ2) is 17.8. The molecular weight excluding hydrogens is 696 g/mol. The maximum atomic E-state index is 14.2. The lowest BCUT2D eigenvalue weighted by atomic mass is 9.97. The van der Waals surface area contributed by atoms with Gasteiger partial charge in [-0.05, 0) is 94.0 Å². The summed E-state index contributed by atoms with van der Waals surface area (Å²) in [6, 6.07) is 6.24. The number of aromatic nitrogens is 2. The van der Waals surface area contributed by atoms with Crippen molar-refractivity contribution < 1.29 is 26.4 Å². The Morgan fingerprint density at radius 3 is 2.50 bits per heavy atom. The van der Waals surface area contributed by atoms with E-state index in [4.69, 9.17) is 10.1 Å². The summed E-state index contributed by atoms with van der Waals surface area (Å²) < 4.78 is 66.6. The third kappa shape index (κ3) is 10.6. The van der Waals surface area contributed by atoms with Crippen molar-refractivity contribution in [2.75, 3.05) is 69.1 Å². The zero-order chi connectivity index (χ0) is 37.4. The molecule has 0 spiro atoms. The minimum absolute atomic E-state index is 0.00946. The molecule has 1 amide bonds. The topological polar surface area (TPSA) is 149 Å². The summed E-state index contributed by atoms with van der Waals surface area (Å²) in [6.07, 6.45) is 8.04. The normalized spacial score (nSPS) is 19.5. The number of nitrogens with two attached hydrogens (primary N) is 1. The van der Waals surface area contributed by atoms with Gasteiger partial charge in [0.05, 0.1) is 5.69 Å². The van der Waals surface area contributed by atoms with Crippen molar-refractivity contribution in [2.24, 2.45) is 5.14 Å². The molecule has 2 fully saturated rings. The quantitative estimate of drug-likeness (QED) is 0.212. The summed E-state index contributed by atoms with van der Waals surface area (Å²) in [4.78, 5) is 30.1. The number of nitrogens with one attached hydrogen (secondary N) is 3. The Morgan fingerprint density at radius 1 is 1.02 bits per heavy atom. The van der Waals surface area contributed by atoms with Gasteiger partial charge in [0.2, 0.25) is 0 Å². The molecule has 1 aromatic carbocycles. The van der Waals surface area contributed by atoms with E-state index < -0.39 is 27.8 Å². The number of piperidine rings is 1. The smallest absolute Gasteiger partial charge is 0.274 e. The molecule has 2 aliphatic heterocycles. The number of allylic oxidation sites excluding steroid dienone is 4. The van der Waals surface area contributed by atoms with Crippen LogP contribution in [-0.4, -0.2) is 105 Å². The highest BCUT2D eigenvalue weighted by atomic mass is 32.2. The number of halogens is 3. The van der Waals surface area contributed by atoms with Crippen molar-refractivity contribution in [1.29, 1.82) is 0 Å². The SMILES string of the molecule is CCC1CN(c2nc(NCC3=CCC=C(F)C(F)=C3)c(C(=O)NCCNS(N)(=O)=O)nc2C)CCN1C1CCN(CCc2ccc(C)c(F)c2)CC1. The summed E-state index contributed by atoms with van der Waals surface area (Å²) in [5.41, 5.74) is 2.71. The van der Waals surface area contributed by atoms with E-state index in [9.17, 15) is 26.4 Å². The minimum Gasteiger partial charge on any atom is -0.364 e. The summed E-state index contributed by atoms with van der Waals surface area (Å²) in [5.74, 6) is -1.85. The molecule has 0 radical (unpaired) electrons. The van der Waals surface area contributed by atoms with Gasteiger partial charge in [0.1, 0.15) is 5.82 Å². The second-order valence-corrected chi connectivity index (χ2v) is 15.0. The zero-order valence-electron chi connectivity index (χ0n) is 30.1. The fourth-order valence-corrected chi connectivity index (χ4v) is 7.40. The molecule has 2 aromatic rings. The number of piperazine rings is 1. The molecule has 12 nitrogen and oxygen atoms in total. The summed E-state index contributed by atoms with van der Waals surface area (Å²) in [7, 11) is -3.92. The van der Waals surface area contributed by atoms with Crippen molar-refractivity contribution in [2.45, 2.75) is 65.0 Å². The first-order valence-electron chi connectivity index (χ1n) is 17.9. The van der Waals surface area contributed by atoms with E-state index in [0.29, 0.717) is 35.2 Å². The van der Waals surface area contributed by atoms with Crippen LogP contribution >= 0.6 is 0 Å². The molecule has 284 valence electrons. The summed E-state index contributed by atoms with van der Waals surface area (Å²) >= 11 is 0. The molecule has 1 atom stereocenters. The molecule has 1 aliphatic carbocycles. The average molecular weight is 746 g/mol. The number of rotatable bonds is 14. The maximum Gasteiger partial charge on any atom is 0.274 e. The van der Waals surface area contributed by atoms with Gasteiger partial charge in [-0.25, -0.2) is 33.0 Å². The van der Waals surface area contributed by atoms with Crippen LogP contribution in [0.2, 0.25) is 0 Å². The number of likely N-dealkylation sites (tertiary alicyclic amines) is 1. The average Bonchev–Trinajstić information content (AvgIpc) is 3.28. The van der Waals surface area contributed by atoms with Gasteiger partial charge >= 0.3 is 0 Å². The summed E-state index contributed by atoms with van der Waals surface area (Å²) in [6.45, 7) is 10.8. The van der Waals surface area contributed by atoms with E-state index in [1.54, 1.807) is 26.0 Å². The molecule has 0 bridgehead atoms. The first kappa shape index (κ1) is 39.4. The predicted octanol–water partition coefficient (Wildman–Crippen LogP) is 3.81. The van der Waals surface area contributed by atoms with Crippen LogP contribution in [0.3, 0.4) is 0 Å². The van der Waals surface area contributed by atoms with Crippen LogP contribution in [0.15, 0.2) is 53.7 Å². The standard InChI is InChI=1S/C36H50F3N9O3S/c1-4-28-23-47(18-19-48(28)29-11-16-46(17-12-29)15-10-26-9-8-24(2)31(38)20-26)35-25(3)44-33(36(49)41-13-14-43-52(40,50)51)34(45-35)42-22-27-6-5-7-30(37)32(39)21-27/h6-9,20-21,28-29,43H,4-5,10-19,22-23H2,1-3H3,(H,41,49)(H,42,45)(H2,40,50,51). The highest BCUT2D eigenvalue weighted by Gasteiger charge is 2.34. The largest absolute Gasteiger partial charge is 0.364 e. The number of hydrogen-bond donors (Lipinski definition) is 4. The number of carbonyl (C=O) groups is 1. The molecule has 0 saturated carbocycles. The van der Waals surface area contributed by atoms with Crippen LogP contribution in [-0.2, 0) is 16.6 Å². The van der Waals surface area contributed by atoms with E-state index in [0.717, 1.165) is 76.1 Å². The van der Waals surface area contributed by atoms with Gasteiger partial charge in [0.25, 0.3) is 16.1 Å². The van der Waals surface area contributed by atoms with Crippen LogP contribution in [0.25, 0.3) is 0 Å². The number of nitrogens with zero attached hydrogens (tertiary/aromatic N) is 5. The zero-order valence-corrected chi connectivity index (χ0v) is 30.9. The fourth-order valence-electron chi connectivity index (χ4n) is 7.02. The Bertz CT molecular complexity index is 1800. The molecule has 5 N–H and O–H groups in total. The van der Waals surface area contributed by atoms with Crippen LogP contribution in [0.5, 0.6) is 0 Å². The van der Waals surface area contributed by atoms with Gasteiger partial charge < -0.3 is 20.4 Å². The molecule has 52 heavy (non-hydrogen) atoms. The van der Waals surface area contributed by atoms with E-state index in [2.05, 4.69) is 42.0 Å². The van der Waals surface area contributed by atoms with Crippen LogP contribution < -0.4 is 25.4 Å². The Kier molecular flexibility index (Phi) is 13.5. The van der Waals surface area contributed by atoms with Crippen molar-refractivity contribution in [1.82, 2.24) is 29.8 Å². The Balaban J connectivity index is 1.25. The van der Waals surface area contributed by atoms with Gasteiger partial charge in [0, 0.05) is 57.9 Å². The van der Waals surface area contributed by atoms with Crippen molar-refractivity contribution in [3.8, 4) is 0 Å². The minimum atomic E-state index is -3.92. The van der Waals surface area contributed by atoms with Crippen molar-refractivity contribution >= 4 is 27.8 Å². The Hall–Kier alpha value is -3.83. The van der Waals surface area contributed by atoms with Gasteiger partial charge in [-0.2, -0.15) is 8.42 Å². The van der Waals surface area contributed by atoms with Crippen LogP contribution in [0.1, 0.15) is 59.9 Å². The first-order chi connectivity index (χ1) is 24.8. The summed E-state index contributed by atoms with van der Waals surface area (Å²) in [5, 5.41) is 10.7. The molecule has 3 heterocycles. The van der Waals surface area contributed by atoms with E-state index in [1.165, 1.54) is 0 Å². The second-order valence-electron chi connectivity index (χ2n) is 13.6. The van der Waals surface area contributed by atoms with Crippen molar-refractivity contribution in [3.05, 3.63) is 82.0 Å². The maximum absolute atomic E-state index is 14.2. The molecule has 16 heteroatoms. The van der Waals surface area contributed by atoms with Crippen LogP contribution in [0.4, 0.5) is 24.8 Å². The lowest BCUT2D eigenvalue weighted by Crippen LogP contribution is -2.58. The predicted molar refractivity (Wildman–Crippen MR) is 197 cm³/mol. The molecule has 2 saturated heterocycles. The molecular formula is C36H50F3N9O3S. The Morgan fingerprint density at radius 2 is 1.79 bits per heavy atom. The third-order valence-electron chi connectivity index (χ3n) is 9.93. The van der Waals surface area contributed by atoms with Gasteiger partial charge in [-0.1, -0.05) is 25.1 Å². The van der Waals surface area contributed by atoms with E-state index in [1.807, 2.05) is 12.1 Å².